The summed E-state index contributed by atoms with van der Waals surface area (Å²) in [6, 6.07) is 12.7. The number of hydrogen-bond donors (Lipinski definition) is 0. The van der Waals surface area contributed by atoms with E-state index < -0.39 is 0 Å². The van der Waals surface area contributed by atoms with E-state index in [1.54, 1.807) is 11.3 Å². The van der Waals surface area contributed by atoms with Crippen LogP contribution in [0.2, 0.25) is 0 Å². The Morgan fingerprint density at radius 1 is 1.04 bits per heavy atom. The average molecular weight is 487 g/mol. The van der Waals surface area contributed by atoms with Crippen LogP contribution >= 0.6 is 11.3 Å². The summed E-state index contributed by atoms with van der Waals surface area (Å²) >= 11 is 1.67. The third-order valence-electron chi connectivity index (χ3n) is 4.82. The van der Waals surface area contributed by atoms with E-state index in [2.05, 4.69) is 71.0 Å². The van der Waals surface area contributed by atoms with Crippen LogP contribution in [-0.2, 0) is 0 Å². The van der Waals surface area contributed by atoms with Gasteiger partial charge in [0.05, 0.1) is 10.3 Å². The summed E-state index contributed by atoms with van der Waals surface area (Å²) < 4.78 is 9.21. The van der Waals surface area contributed by atoms with Crippen LogP contribution in [0, 0.1) is 20.8 Å². The zero-order chi connectivity index (χ0) is 17.8. The maximum Gasteiger partial charge on any atom is 0.293 e. The molecule has 0 spiro atoms. The average Bonchev–Trinajstić information content (AvgIpc) is 3.29. The third-order valence-corrected chi connectivity index (χ3v) is 5.91. The number of H-pyrrole nitrogens is 1. The van der Waals surface area contributed by atoms with Gasteiger partial charge in [-0.05, 0) is 31.0 Å². The Morgan fingerprint density at radius 2 is 1.85 bits per heavy atom. The molecule has 0 aliphatic heterocycles. The summed E-state index contributed by atoms with van der Waals surface area (Å²) in [6.07, 6.45) is 4.07. The Hall–Kier alpha value is -2.19. The van der Waals surface area contributed by atoms with E-state index in [0.717, 1.165) is 21.6 Å². The van der Waals surface area contributed by atoms with Crippen LogP contribution in [-0.4, -0.2) is 9.55 Å². The number of halogens is 1. The van der Waals surface area contributed by atoms with E-state index in [1.807, 2.05) is 13.1 Å². The Morgan fingerprint density at radius 3 is 2.67 bits per heavy atom. The molecule has 5 aromatic rings. The zero-order valence-corrected chi connectivity index (χ0v) is 18.2. The molecule has 3 heterocycles. The SMILES string of the molecule is Cc1nc2c(o1)sc1c(-c3[nH+]ccn3-c3ccccc3C)c(C)ccc12.[I-]. The molecule has 0 saturated carbocycles. The van der Waals surface area contributed by atoms with E-state index in [9.17, 15) is 0 Å². The number of rotatable bonds is 2. The number of imidazole rings is 1. The molecule has 0 radical (unpaired) electrons. The minimum atomic E-state index is 0. The van der Waals surface area contributed by atoms with Gasteiger partial charge in [0.1, 0.15) is 23.6 Å². The summed E-state index contributed by atoms with van der Waals surface area (Å²) in [5.74, 6) is 1.79. The number of oxazole rings is 1. The van der Waals surface area contributed by atoms with Crippen molar-refractivity contribution in [2.75, 3.05) is 0 Å². The second-order valence-electron chi connectivity index (χ2n) is 6.57. The van der Waals surface area contributed by atoms with Crippen LogP contribution in [0.5, 0.6) is 0 Å². The number of aromatic nitrogens is 3. The predicted octanol–water partition coefficient (Wildman–Crippen LogP) is 2.24. The molecule has 0 aliphatic carbocycles. The topological polar surface area (TPSA) is 45.1 Å². The maximum atomic E-state index is 5.79. The van der Waals surface area contributed by atoms with Gasteiger partial charge < -0.3 is 28.4 Å². The number of fused-ring (bicyclic) bond motifs is 3. The van der Waals surface area contributed by atoms with Crippen molar-refractivity contribution in [1.82, 2.24) is 9.55 Å². The van der Waals surface area contributed by atoms with Crippen molar-refractivity contribution in [2.45, 2.75) is 20.8 Å². The van der Waals surface area contributed by atoms with Crippen LogP contribution in [0.1, 0.15) is 17.0 Å². The smallest absolute Gasteiger partial charge is 0.293 e. The number of para-hydroxylation sites is 1. The van der Waals surface area contributed by atoms with Crippen molar-refractivity contribution in [2.24, 2.45) is 0 Å². The summed E-state index contributed by atoms with van der Waals surface area (Å²) in [4.78, 5) is 8.91. The van der Waals surface area contributed by atoms with Gasteiger partial charge in [0.25, 0.3) is 5.82 Å². The minimum absolute atomic E-state index is 0. The lowest BCUT2D eigenvalue weighted by Crippen LogP contribution is -3.00. The highest BCUT2D eigenvalue weighted by atomic mass is 127. The molecule has 1 N–H and O–H groups in total. The molecular weight excluding hydrogens is 469 g/mol. The van der Waals surface area contributed by atoms with Gasteiger partial charge in [-0.25, -0.2) is 9.97 Å². The van der Waals surface area contributed by atoms with Gasteiger partial charge in [-0.15, -0.1) is 0 Å². The van der Waals surface area contributed by atoms with Crippen LogP contribution < -0.4 is 29.0 Å². The molecule has 4 nitrogen and oxygen atoms in total. The first kappa shape index (κ1) is 18.2. The number of aromatic amines is 1. The highest BCUT2D eigenvalue weighted by Gasteiger charge is 2.24. The van der Waals surface area contributed by atoms with Gasteiger partial charge in [0, 0.05) is 12.3 Å². The second-order valence-corrected chi connectivity index (χ2v) is 7.55. The summed E-state index contributed by atoms with van der Waals surface area (Å²) in [7, 11) is 0. The Bertz CT molecular complexity index is 1280. The van der Waals surface area contributed by atoms with Crippen LogP contribution in [0.25, 0.3) is 37.6 Å². The standard InChI is InChI=1S/C21H17N3OS.HI/c1-12-6-4-5-7-16(12)24-11-10-22-20(24)17-13(2)8-9-15-18-21(26-19(15)17)25-14(3)23-18;/h4-11H,1-3H3;1H. The summed E-state index contributed by atoms with van der Waals surface area (Å²) in [5, 5.41) is 1.15. The fraction of sp³-hybridized carbons (Fsp3) is 0.143. The van der Waals surface area contributed by atoms with Crippen molar-refractivity contribution in [3.63, 3.8) is 0 Å². The largest absolute Gasteiger partial charge is 1.00 e. The maximum absolute atomic E-state index is 5.79. The first-order valence-corrected chi connectivity index (χ1v) is 9.40. The lowest BCUT2D eigenvalue weighted by molar-refractivity contribution is -0.363. The quantitative estimate of drug-likeness (QED) is 0.359. The molecule has 0 saturated heterocycles. The van der Waals surface area contributed by atoms with Crippen LogP contribution in [0.3, 0.4) is 0 Å². The Labute approximate surface area is 177 Å². The van der Waals surface area contributed by atoms with Crippen LogP contribution in [0.4, 0.5) is 0 Å². The fourth-order valence-corrected chi connectivity index (χ4v) is 4.80. The number of aryl methyl sites for hydroxylation is 3. The van der Waals surface area contributed by atoms with Crippen molar-refractivity contribution >= 4 is 31.8 Å². The number of thiophene rings is 1. The predicted molar refractivity (Wildman–Crippen MR) is 105 cm³/mol. The van der Waals surface area contributed by atoms with Crippen LogP contribution in [0.15, 0.2) is 53.2 Å². The molecule has 0 atom stereocenters. The molecule has 0 amide bonds. The molecule has 2 aromatic carbocycles. The van der Waals surface area contributed by atoms with Crippen molar-refractivity contribution in [3.8, 4) is 17.1 Å². The number of hydrogen-bond acceptors (Lipinski definition) is 3. The van der Waals surface area contributed by atoms with Gasteiger partial charge in [0.15, 0.2) is 5.89 Å². The molecular formula is C21H18IN3OS. The normalized spacial score (nSPS) is 11.2. The fourth-order valence-electron chi connectivity index (χ4n) is 3.57. The van der Waals surface area contributed by atoms with Crippen molar-refractivity contribution < 1.29 is 33.4 Å². The lowest BCUT2D eigenvalue weighted by atomic mass is 10.0. The first-order chi connectivity index (χ1) is 12.6. The zero-order valence-electron chi connectivity index (χ0n) is 15.2. The number of benzene rings is 2. The molecule has 27 heavy (non-hydrogen) atoms. The van der Waals surface area contributed by atoms with E-state index >= 15 is 0 Å². The Kier molecular flexibility index (Phi) is 4.55. The lowest BCUT2D eigenvalue weighted by Gasteiger charge is -2.07. The first-order valence-electron chi connectivity index (χ1n) is 8.58. The highest BCUT2D eigenvalue weighted by Crippen LogP contribution is 2.41. The molecule has 0 unspecified atom stereocenters. The van der Waals surface area contributed by atoms with Crippen molar-refractivity contribution in [1.29, 1.82) is 0 Å². The number of nitrogens with one attached hydrogen (secondary N) is 1. The second kappa shape index (κ2) is 6.76. The van der Waals surface area contributed by atoms with E-state index in [1.165, 1.54) is 27.1 Å². The molecule has 5 rings (SSSR count). The minimum Gasteiger partial charge on any atom is -1.00 e. The molecule has 136 valence electrons. The molecule has 6 heteroatoms. The van der Waals surface area contributed by atoms with Gasteiger partial charge in [-0.1, -0.05) is 41.7 Å². The molecule has 0 aliphatic rings. The highest BCUT2D eigenvalue weighted by molar-refractivity contribution is 7.25. The summed E-state index contributed by atoms with van der Waals surface area (Å²) in [6.45, 7) is 6.18. The van der Waals surface area contributed by atoms with Gasteiger partial charge >= 0.3 is 0 Å². The monoisotopic (exact) mass is 487 g/mol. The van der Waals surface area contributed by atoms with E-state index in [-0.39, 0.29) is 24.0 Å². The third kappa shape index (κ3) is 2.78. The molecule has 0 bridgehead atoms. The Balaban J connectivity index is 0.00000180. The molecule has 0 fully saturated rings. The summed E-state index contributed by atoms with van der Waals surface area (Å²) in [5.41, 5.74) is 5.79. The number of nitrogens with zero attached hydrogens (tertiary/aromatic N) is 2. The van der Waals surface area contributed by atoms with Gasteiger partial charge in [-0.3, -0.25) is 0 Å². The van der Waals surface area contributed by atoms with Crippen molar-refractivity contribution in [3.05, 3.63) is 65.8 Å². The molecule has 3 aromatic heterocycles. The van der Waals surface area contributed by atoms with E-state index in [0.29, 0.717) is 5.89 Å². The van der Waals surface area contributed by atoms with Gasteiger partial charge in [-0.2, -0.15) is 4.57 Å². The van der Waals surface area contributed by atoms with Gasteiger partial charge in [0.2, 0.25) is 4.90 Å². The van der Waals surface area contributed by atoms with E-state index in [4.69, 9.17) is 4.42 Å².